The summed E-state index contributed by atoms with van der Waals surface area (Å²) in [6, 6.07) is 9.83. The van der Waals surface area contributed by atoms with Crippen molar-refractivity contribution < 1.29 is 17.6 Å². The Morgan fingerprint density at radius 1 is 1.14 bits per heavy atom. The van der Waals surface area contributed by atoms with Gasteiger partial charge in [-0.05, 0) is 35.9 Å². The van der Waals surface area contributed by atoms with E-state index in [1.165, 1.54) is 39.5 Å². The summed E-state index contributed by atoms with van der Waals surface area (Å²) in [6.07, 6.45) is 5.39. The van der Waals surface area contributed by atoms with Crippen molar-refractivity contribution in [1.29, 1.82) is 0 Å². The van der Waals surface area contributed by atoms with Gasteiger partial charge in [-0.1, -0.05) is 43.5 Å². The molecule has 0 aliphatic carbocycles. The standard InChI is InChI=1S/C21H22ClFN2O3S/c1-4-13-24(15-16-7-10-18(23)11-8-16)21(26)17-9-12-19(22)20(14-17)29(27,28)25(5-2)6-3/h1,7-12,14H,5-6,13,15H2,2-3H3. The summed E-state index contributed by atoms with van der Waals surface area (Å²) in [5.41, 5.74) is 0.845. The Bertz CT molecular complexity index is 1010. The first-order valence-electron chi connectivity index (χ1n) is 9.01. The highest BCUT2D eigenvalue weighted by Crippen LogP contribution is 2.26. The van der Waals surface area contributed by atoms with Crippen LogP contribution < -0.4 is 0 Å². The molecule has 2 rings (SSSR count). The number of amides is 1. The lowest BCUT2D eigenvalue weighted by Gasteiger charge is -2.22. The molecular formula is C21H22ClFN2O3S. The maximum atomic E-state index is 13.1. The Hall–Kier alpha value is -2.40. The fourth-order valence-electron chi connectivity index (χ4n) is 2.84. The zero-order valence-electron chi connectivity index (χ0n) is 16.2. The lowest BCUT2D eigenvalue weighted by atomic mass is 10.1. The molecule has 5 nitrogen and oxygen atoms in total. The second-order valence-corrected chi connectivity index (χ2v) is 8.54. The lowest BCUT2D eigenvalue weighted by Crippen LogP contribution is -2.32. The quantitative estimate of drug-likeness (QED) is 0.591. The maximum Gasteiger partial charge on any atom is 0.254 e. The summed E-state index contributed by atoms with van der Waals surface area (Å²) in [5.74, 6) is 1.59. The number of sulfonamides is 1. The van der Waals surface area contributed by atoms with Crippen molar-refractivity contribution in [1.82, 2.24) is 9.21 Å². The number of hydrogen-bond acceptors (Lipinski definition) is 3. The van der Waals surface area contributed by atoms with Gasteiger partial charge in [0.25, 0.3) is 5.91 Å². The Morgan fingerprint density at radius 3 is 2.31 bits per heavy atom. The fraction of sp³-hybridized carbons (Fsp3) is 0.286. The normalized spacial score (nSPS) is 11.3. The summed E-state index contributed by atoms with van der Waals surface area (Å²) in [6.45, 7) is 4.17. The molecule has 0 heterocycles. The highest BCUT2D eigenvalue weighted by molar-refractivity contribution is 7.89. The minimum absolute atomic E-state index is 0.0109. The van der Waals surface area contributed by atoms with E-state index in [4.69, 9.17) is 18.0 Å². The van der Waals surface area contributed by atoms with Crippen LogP contribution in [0.15, 0.2) is 47.4 Å². The molecule has 0 unspecified atom stereocenters. The van der Waals surface area contributed by atoms with Gasteiger partial charge in [-0.2, -0.15) is 4.31 Å². The number of halogens is 2. The summed E-state index contributed by atoms with van der Waals surface area (Å²) >= 11 is 6.13. The van der Waals surface area contributed by atoms with Crippen molar-refractivity contribution in [2.75, 3.05) is 19.6 Å². The van der Waals surface area contributed by atoms with Crippen molar-refractivity contribution in [2.24, 2.45) is 0 Å². The van der Waals surface area contributed by atoms with Crippen LogP contribution in [0.5, 0.6) is 0 Å². The van der Waals surface area contributed by atoms with E-state index in [1.807, 2.05) is 0 Å². The molecule has 0 aliphatic heterocycles. The highest BCUT2D eigenvalue weighted by Gasteiger charge is 2.26. The first-order valence-corrected chi connectivity index (χ1v) is 10.8. The number of carbonyl (C=O) groups is 1. The van der Waals surface area contributed by atoms with Gasteiger partial charge in [-0.15, -0.1) is 6.42 Å². The number of terminal acetylenes is 1. The second kappa shape index (κ2) is 9.88. The van der Waals surface area contributed by atoms with Crippen LogP contribution in [0, 0.1) is 18.2 Å². The van der Waals surface area contributed by atoms with E-state index in [-0.39, 0.29) is 47.5 Å². The van der Waals surface area contributed by atoms with Gasteiger partial charge in [-0.3, -0.25) is 4.79 Å². The number of hydrogen-bond donors (Lipinski definition) is 0. The van der Waals surface area contributed by atoms with E-state index >= 15 is 0 Å². The zero-order chi connectivity index (χ0) is 21.6. The Morgan fingerprint density at radius 2 is 1.76 bits per heavy atom. The molecule has 0 saturated heterocycles. The van der Waals surface area contributed by atoms with E-state index in [1.54, 1.807) is 26.0 Å². The van der Waals surface area contributed by atoms with E-state index in [9.17, 15) is 17.6 Å². The number of nitrogens with zero attached hydrogens (tertiary/aromatic N) is 2. The molecule has 8 heteroatoms. The van der Waals surface area contributed by atoms with Crippen LogP contribution in [0.3, 0.4) is 0 Å². The van der Waals surface area contributed by atoms with Crippen LogP contribution in [-0.4, -0.2) is 43.2 Å². The molecule has 2 aromatic carbocycles. The van der Waals surface area contributed by atoms with Crippen LogP contribution >= 0.6 is 11.6 Å². The summed E-state index contributed by atoms with van der Waals surface area (Å²) in [4.78, 5) is 14.3. The Kier molecular flexibility index (Phi) is 7.80. The Labute approximate surface area is 176 Å². The molecule has 0 fully saturated rings. The first kappa shape index (κ1) is 22.9. The number of carbonyl (C=O) groups excluding carboxylic acids is 1. The van der Waals surface area contributed by atoms with Gasteiger partial charge in [0.05, 0.1) is 11.6 Å². The third-order valence-electron chi connectivity index (χ3n) is 4.36. The SMILES string of the molecule is C#CCN(Cc1ccc(F)cc1)C(=O)c1ccc(Cl)c(S(=O)(=O)N(CC)CC)c1. The van der Waals surface area contributed by atoms with Crippen molar-refractivity contribution >= 4 is 27.5 Å². The molecule has 0 bridgehead atoms. The van der Waals surface area contributed by atoms with E-state index in [0.717, 1.165) is 0 Å². The van der Waals surface area contributed by atoms with Gasteiger partial charge in [0, 0.05) is 25.2 Å². The molecule has 0 spiro atoms. The minimum atomic E-state index is -3.84. The van der Waals surface area contributed by atoms with Gasteiger partial charge in [0.1, 0.15) is 10.7 Å². The van der Waals surface area contributed by atoms with Crippen molar-refractivity contribution in [3.8, 4) is 12.3 Å². The van der Waals surface area contributed by atoms with Crippen LogP contribution in [0.2, 0.25) is 5.02 Å². The third kappa shape index (κ3) is 5.36. The fourth-order valence-corrected chi connectivity index (χ4v) is 4.80. The van der Waals surface area contributed by atoms with E-state index in [0.29, 0.717) is 5.56 Å². The summed E-state index contributed by atoms with van der Waals surface area (Å²) in [5, 5.41) is 0.0375. The molecule has 1 amide bonds. The Balaban J connectivity index is 2.40. The predicted octanol–water partition coefficient (Wildman–Crippen LogP) is 3.79. The molecule has 0 saturated carbocycles. The van der Waals surface area contributed by atoms with Gasteiger partial charge in [0.2, 0.25) is 10.0 Å². The van der Waals surface area contributed by atoms with E-state index in [2.05, 4.69) is 5.92 Å². The minimum Gasteiger partial charge on any atom is -0.323 e. The van der Waals surface area contributed by atoms with Crippen molar-refractivity contribution in [3.05, 3.63) is 64.4 Å². The molecule has 0 atom stereocenters. The maximum absolute atomic E-state index is 13.1. The van der Waals surface area contributed by atoms with Gasteiger partial charge < -0.3 is 4.90 Å². The second-order valence-electron chi connectivity index (χ2n) is 6.23. The average Bonchev–Trinajstić information content (AvgIpc) is 2.69. The summed E-state index contributed by atoms with van der Waals surface area (Å²) < 4.78 is 40.1. The molecule has 154 valence electrons. The predicted molar refractivity (Wildman–Crippen MR) is 112 cm³/mol. The van der Waals surface area contributed by atoms with Crippen molar-refractivity contribution in [3.63, 3.8) is 0 Å². The number of rotatable bonds is 8. The smallest absolute Gasteiger partial charge is 0.254 e. The average molecular weight is 437 g/mol. The van der Waals surface area contributed by atoms with Crippen LogP contribution in [0.4, 0.5) is 4.39 Å². The van der Waals surface area contributed by atoms with Gasteiger partial charge in [0.15, 0.2) is 0 Å². The largest absolute Gasteiger partial charge is 0.323 e. The van der Waals surface area contributed by atoms with Gasteiger partial charge in [-0.25, -0.2) is 12.8 Å². The van der Waals surface area contributed by atoms with Crippen LogP contribution in [-0.2, 0) is 16.6 Å². The third-order valence-corrected chi connectivity index (χ3v) is 6.89. The number of benzene rings is 2. The molecule has 0 aromatic heterocycles. The monoisotopic (exact) mass is 436 g/mol. The highest BCUT2D eigenvalue weighted by atomic mass is 35.5. The van der Waals surface area contributed by atoms with Crippen molar-refractivity contribution in [2.45, 2.75) is 25.3 Å². The molecule has 0 radical (unpaired) electrons. The molecule has 29 heavy (non-hydrogen) atoms. The first-order chi connectivity index (χ1) is 13.7. The topological polar surface area (TPSA) is 57.7 Å². The van der Waals surface area contributed by atoms with Gasteiger partial charge >= 0.3 is 0 Å². The molecule has 2 aromatic rings. The lowest BCUT2D eigenvalue weighted by molar-refractivity contribution is 0.0765. The van der Waals surface area contributed by atoms with E-state index < -0.39 is 15.9 Å². The van der Waals surface area contributed by atoms with Crippen LogP contribution in [0.25, 0.3) is 0 Å². The zero-order valence-corrected chi connectivity index (χ0v) is 17.8. The molecule has 0 aliphatic rings. The molecular weight excluding hydrogens is 415 g/mol. The van der Waals surface area contributed by atoms with Crippen LogP contribution in [0.1, 0.15) is 29.8 Å². The molecule has 0 N–H and O–H groups in total. The summed E-state index contributed by atoms with van der Waals surface area (Å²) in [7, 11) is -3.84.